The maximum atomic E-state index is 13.9. The van der Waals surface area contributed by atoms with Crippen molar-refractivity contribution in [1.29, 1.82) is 0 Å². The normalized spacial score (nSPS) is 26.9. The lowest BCUT2D eigenvalue weighted by molar-refractivity contribution is -0.145. The number of benzene rings is 1. The first-order valence-electron chi connectivity index (χ1n) is 9.56. The monoisotopic (exact) mass is 346 g/mol. The smallest absolute Gasteiger partial charge is 0.233 e. The predicted octanol–water partition coefficient (Wildman–Crippen LogP) is 2.57. The maximum absolute atomic E-state index is 13.9. The van der Waals surface area contributed by atoms with Crippen LogP contribution in [0.3, 0.4) is 0 Å². The van der Waals surface area contributed by atoms with Gasteiger partial charge in [-0.05, 0) is 49.9 Å². The molecular weight excluding hydrogens is 319 g/mol. The Morgan fingerprint density at radius 2 is 2.00 bits per heavy atom. The number of carbonyl (C=O) groups is 1. The van der Waals surface area contributed by atoms with Gasteiger partial charge in [0.15, 0.2) is 0 Å². The Hall–Kier alpha value is -1.46. The molecule has 4 nitrogen and oxygen atoms in total. The third kappa shape index (κ3) is 3.20. The highest BCUT2D eigenvalue weighted by Gasteiger charge is 2.45. The summed E-state index contributed by atoms with van der Waals surface area (Å²) < 4.78 is 19.4. The topological polar surface area (TPSA) is 32.8 Å². The van der Waals surface area contributed by atoms with Crippen molar-refractivity contribution in [3.05, 3.63) is 35.6 Å². The zero-order valence-electron chi connectivity index (χ0n) is 14.8. The van der Waals surface area contributed by atoms with Gasteiger partial charge in [-0.15, -0.1) is 0 Å². The van der Waals surface area contributed by atoms with Gasteiger partial charge in [-0.1, -0.05) is 18.6 Å². The summed E-state index contributed by atoms with van der Waals surface area (Å²) in [6.45, 7) is 4.85. The van der Waals surface area contributed by atoms with E-state index >= 15 is 0 Å². The van der Waals surface area contributed by atoms with E-state index in [9.17, 15) is 9.18 Å². The molecule has 1 aromatic rings. The molecule has 0 saturated carbocycles. The Morgan fingerprint density at radius 1 is 1.16 bits per heavy atom. The Balaban J connectivity index is 1.60. The lowest BCUT2D eigenvalue weighted by Crippen LogP contribution is -2.60. The van der Waals surface area contributed by atoms with E-state index < -0.39 is 5.41 Å². The Kier molecular flexibility index (Phi) is 4.78. The Morgan fingerprint density at radius 3 is 2.80 bits per heavy atom. The van der Waals surface area contributed by atoms with Crippen LogP contribution in [0, 0.1) is 5.82 Å². The quantitative estimate of drug-likeness (QED) is 0.825. The lowest BCUT2D eigenvalue weighted by atomic mass is 9.72. The fourth-order valence-electron chi connectivity index (χ4n) is 4.78. The van der Waals surface area contributed by atoms with Crippen molar-refractivity contribution in [2.24, 2.45) is 0 Å². The van der Waals surface area contributed by atoms with Crippen LogP contribution in [0.25, 0.3) is 0 Å². The second kappa shape index (κ2) is 7.04. The van der Waals surface area contributed by atoms with Crippen molar-refractivity contribution in [3.63, 3.8) is 0 Å². The summed E-state index contributed by atoms with van der Waals surface area (Å²) in [4.78, 5) is 18.2. The summed E-state index contributed by atoms with van der Waals surface area (Å²) in [5, 5.41) is 0. The summed E-state index contributed by atoms with van der Waals surface area (Å²) in [5.41, 5.74) is 0.184. The van der Waals surface area contributed by atoms with E-state index in [1.165, 1.54) is 25.3 Å². The van der Waals surface area contributed by atoms with Crippen LogP contribution in [0.4, 0.5) is 4.39 Å². The van der Waals surface area contributed by atoms with Crippen LogP contribution >= 0.6 is 0 Å². The van der Waals surface area contributed by atoms with Crippen LogP contribution in [-0.2, 0) is 14.9 Å². The standard InChI is InChI=1S/C20H27FN2O2/c21-17-5-3-4-16(14-17)20(7-12-25-13-8-20)19(24)23-11-10-22-9-2-1-6-18(22)15-23/h3-5,14,18H,1-2,6-13,15H2. The molecule has 1 unspecified atom stereocenters. The molecule has 1 aromatic carbocycles. The molecule has 0 radical (unpaired) electrons. The van der Waals surface area contributed by atoms with Gasteiger partial charge in [0.2, 0.25) is 5.91 Å². The molecule has 25 heavy (non-hydrogen) atoms. The van der Waals surface area contributed by atoms with Gasteiger partial charge >= 0.3 is 0 Å². The van der Waals surface area contributed by atoms with Crippen molar-refractivity contribution in [2.75, 3.05) is 39.4 Å². The molecule has 1 atom stereocenters. The van der Waals surface area contributed by atoms with Gasteiger partial charge in [-0.2, -0.15) is 0 Å². The molecule has 0 aliphatic carbocycles. The van der Waals surface area contributed by atoms with Crippen molar-refractivity contribution >= 4 is 5.91 Å². The number of halogens is 1. The molecule has 0 aromatic heterocycles. The third-order valence-corrected chi connectivity index (χ3v) is 6.26. The molecule has 0 N–H and O–H groups in total. The number of rotatable bonds is 2. The number of hydrogen-bond acceptors (Lipinski definition) is 3. The Bertz CT molecular complexity index is 630. The van der Waals surface area contributed by atoms with E-state index in [1.54, 1.807) is 12.1 Å². The zero-order chi connectivity index (χ0) is 17.3. The molecule has 136 valence electrons. The fraction of sp³-hybridized carbons (Fsp3) is 0.650. The summed E-state index contributed by atoms with van der Waals surface area (Å²) in [6.07, 6.45) is 4.99. The number of piperidine rings is 1. The second-order valence-corrected chi connectivity index (χ2v) is 7.64. The van der Waals surface area contributed by atoms with E-state index in [2.05, 4.69) is 4.90 Å². The van der Waals surface area contributed by atoms with E-state index in [-0.39, 0.29) is 11.7 Å². The average molecular weight is 346 g/mol. The summed E-state index contributed by atoms with van der Waals surface area (Å²) in [5.74, 6) is -0.0973. The SMILES string of the molecule is O=C(N1CCN2CCCCC2C1)C1(c2cccc(F)c2)CCOCC1. The molecular formula is C20H27FN2O2. The molecule has 3 heterocycles. The predicted molar refractivity (Wildman–Crippen MR) is 93.9 cm³/mol. The molecule has 4 rings (SSSR count). The maximum Gasteiger partial charge on any atom is 0.233 e. The van der Waals surface area contributed by atoms with Crippen LogP contribution < -0.4 is 0 Å². The molecule has 5 heteroatoms. The lowest BCUT2D eigenvalue weighted by Gasteiger charge is -2.47. The first-order valence-corrected chi connectivity index (χ1v) is 9.56. The van der Waals surface area contributed by atoms with Crippen LogP contribution in [0.1, 0.15) is 37.7 Å². The molecule has 0 spiro atoms. The summed E-state index contributed by atoms with van der Waals surface area (Å²) in [7, 11) is 0. The van der Waals surface area contributed by atoms with Crippen molar-refractivity contribution in [3.8, 4) is 0 Å². The van der Waals surface area contributed by atoms with E-state index in [0.29, 0.717) is 32.1 Å². The van der Waals surface area contributed by atoms with Crippen molar-refractivity contribution in [2.45, 2.75) is 43.6 Å². The van der Waals surface area contributed by atoms with Gasteiger partial charge < -0.3 is 9.64 Å². The number of amides is 1. The van der Waals surface area contributed by atoms with Gasteiger partial charge in [0.25, 0.3) is 0 Å². The number of hydrogen-bond donors (Lipinski definition) is 0. The van der Waals surface area contributed by atoms with Gasteiger partial charge in [0, 0.05) is 38.9 Å². The first-order chi connectivity index (χ1) is 12.2. The van der Waals surface area contributed by atoms with E-state index in [0.717, 1.165) is 31.7 Å². The highest BCUT2D eigenvalue weighted by Crippen LogP contribution is 2.38. The fourth-order valence-corrected chi connectivity index (χ4v) is 4.78. The number of carbonyl (C=O) groups excluding carboxylic acids is 1. The van der Waals surface area contributed by atoms with Crippen molar-refractivity contribution in [1.82, 2.24) is 9.80 Å². The van der Waals surface area contributed by atoms with Gasteiger partial charge in [-0.3, -0.25) is 9.69 Å². The largest absolute Gasteiger partial charge is 0.381 e. The molecule has 0 bridgehead atoms. The van der Waals surface area contributed by atoms with Crippen LogP contribution in [0.2, 0.25) is 0 Å². The number of piperazine rings is 1. The first kappa shape index (κ1) is 17.0. The van der Waals surface area contributed by atoms with Gasteiger partial charge in [-0.25, -0.2) is 4.39 Å². The minimum atomic E-state index is -0.628. The molecule has 1 amide bonds. The van der Waals surface area contributed by atoms with E-state index in [1.807, 2.05) is 11.0 Å². The average Bonchev–Trinajstić information content (AvgIpc) is 2.67. The van der Waals surface area contributed by atoms with Crippen molar-refractivity contribution < 1.29 is 13.9 Å². The van der Waals surface area contributed by atoms with Crippen LogP contribution in [0.15, 0.2) is 24.3 Å². The van der Waals surface area contributed by atoms with E-state index in [4.69, 9.17) is 4.74 Å². The third-order valence-electron chi connectivity index (χ3n) is 6.26. The Labute approximate surface area is 148 Å². The molecule has 3 aliphatic rings. The van der Waals surface area contributed by atoms with Crippen LogP contribution in [0.5, 0.6) is 0 Å². The van der Waals surface area contributed by atoms with Crippen LogP contribution in [-0.4, -0.2) is 61.1 Å². The highest BCUT2D eigenvalue weighted by atomic mass is 19.1. The summed E-state index contributed by atoms with van der Waals surface area (Å²) >= 11 is 0. The minimum Gasteiger partial charge on any atom is -0.381 e. The second-order valence-electron chi connectivity index (χ2n) is 7.64. The van der Waals surface area contributed by atoms with Gasteiger partial charge in [0.05, 0.1) is 5.41 Å². The zero-order valence-corrected chi connectivity index (χ0v) is 14.8. The number of fused-ring (bicyclic) bond motifs is 1. The van der Waals surface area contributed by atoms with Gasteiger partial charge in [0.1, 0.15) is 5.82 Å². The number of ether oxygens (including phenoxy) is 1. The highest BCUT2D eigenvalue weighted by molar-refractivity contribution is 5.88. The minimum absolute atomic E-state index is 0.173. The molecule has 3 aliphatic heterocycles. The number of nitrogens with zero attached hydrogens (tertiary/aromatic N) is 2. The molecule has 3 fully saturated rings. The molecule has 3 saturated heterocycles. The summed E-state index contributed by atoms with van der Waals surface area (Å²) in [6, 6.07) is 7.11.